The van der Waals surface area contributed by atoms with Crippen LogP contribution in [-0.4, -0.2) is 20.2 Å². The molecule has 2 aromatic carbocycles. The van der Waals surface area contributed by atoms with Gasteiger partial charge in [-0.1, -0.05) is 72.8 Å². The summed E-state index contributed by atoms with van der Waals surface area (Å²) in [6, 6.07) is 25.6. The fourth-order valence-corrected chi connectivity index (χ4v) is 4.25. The number of benzene rings is 2. The van der Waals surface area contributed by atoms with E-state index in [2.05, 4.69) is 9.97 Å². The topological polar surface area (TPSA) is 66.2 Å². The van der Waals surface area contributed by atoms with Crippen molar-refractivity contribution in [2.45, 2.75) is 11.2 Å². The molecule has 0 saturated heterocycles. The summed E-state index contributed by atoms with van der Waals surface area (Å²) in [6.45, 7) is 0. The molecule has 0 spiro atoms. The molecule has 1 aliphatic rings. The van der Waals surface area contributed by atoms with E-state index in [4.69, 9.17) is 0 Å². The van der Waals surface area contributed by atoms with E-state index in [1.807, 2.05) is 60.7 Å². The first-order valence-electron chi connectivity index (χ1n) is 9.14. The van der Waals surface area contributed by atoms with Crippen molar-refractivity contribution in [2.24, 2.45) is 0 Å². The maximum atomic E-state index is 12.3. The van der Waals surface area contributed by atoms with Crippen molar-refractivity contribution in [1.82, 2.24) is 9.97 Å². The van der Waals surface area contributed by atoms with Crippen LogP contribution in [0, 0.1) is 0 Å². The van der Waals surface area contributed by atoms with Gasteiger partial charge in [-0.3, -0.25) is 9.97 Å². The number of aromatic nitrogens is 2. The van der Waals surface area contributed by atoms with Gasteiger partial charge in [-0.25, -0.2) is 0 Å². The Morgan fingerprint density at radius 2 is 0.893 bits per heavy atom. The highest BCUT2D eigenvalue weighted by molar-refractivity contribution is 5.74. The second-order valence-corrected chi connectivity index (χ2v) is 6.95. The van der Waals surface area contributed by atoms with Gasteiger partial charge < -0.3 is 10.2 Å². The first kappa shape index (κ1) is 16.8. The molecule has 2 atom stereocenters. The van der Waals surface area contributed by atoms with E-state index >= 15 is 0 Å². The van der Waals surface area contributed by atoms with Gasteiger partial charge in [0.1, 0.15) is 0 Å². The van der Waals surface area contributed by atoms with Crippen molar-refractivity contribution >= 4 is 0 Å². The second-order valence-electron chi connectivity index (χ2n) is 6.95. The zero-order valence-electron chi connectivity index (χ0n) is 15.0. The van der Waals surface area contributed by atoms with E-state index in [0.717, 1.165) is 0 Å². The van der Waals surface area contributed by atoms with Crippen LogP contribution in [-0.2, 0) is 11.2 Å². The summed E-state index contributed by atoms with van der Waals surface area (Å²) in [6.07, 6.45) is 3.35. The molecule has 0 aliphatic heterocycles. The summed E-state index contributed by atoms with van der Waals surface area (Å²) in [5, 5.41) is 24.6. The van der Waals surface area contributed by atoms with Gasteiger partial charge in [0.05, 0.1) is 11.4 Å². The smallest absolute Gasteiger partial charge is 0.154 e. The van der Waals surface area contributed by atoms with Crippen molar-refractivity contribution < 1.29 is 10.2 Å². The second kappa shape index (κ2) is 6.09. The first-order valence-corrected chi connectivity index (χ1v) is 9.14. The maximum Gasteiger partial charge on any atom is 0.154 e. The molecule has 0 amide bonds. The number of nitrogens with zero attached hydrogens (tertiary/aromatic N) is 2. The molecule has 4 nitrogen and oxygen atoms in total. The molecular weight excluding hydrogens is 348 g/mol. The summed E-state index contributed by atoms with van der Waals surface area (Å²) < 4.78 is 0. The van der Waals surface area contributed by atoms with Gasteiger partial charge in [-0.05, 0) is 23.3 Å². The molecule has 2 aromatic heterocycles. The van der Waals surface area contributed by atoms with Crippen LogP contribution in [0.15, 0.2) is 97.3 Å². The van der Waals surface area contributed by atoms with Crippen molar-refractivity contribution in [3.05, 3.63) is 120 Å². The molecule has 1 aliphatic carbocycles. The lowest BCUT2D eigenvalue weighted by molar-refractivity contribution is -0.114. The van der Waals surface area contributed by atoms with Crippen LogP contribution in [0.4, 0.5) is 0 Å². The van der Waals surface area contributed by atoms with Crippen LogP contribution in [0.3, 0.4) is 0 Å². The Kier molecular flexibility index (Phi) is 3.66. The molecule has 4 heteroatoms. The number of pyridine rings is 2. The molecule has 2 heterocycles. The van der Waals surface area contributed by atoms with Crippen LogP contribution in [0.1, 0.15) is 22.3 Å². The van der Waals surface area contributed by atoms with Crippen LogP contribution in [0.5, 0.6) is 0 Å². The summed E-state index contributed by atoms with van der Waals surface area (Å²) in [5.41, 5.74) is -0.104. The van der Waals surface area contributed by atoms with Gasteiger partial charge in [0, 0.05) is 23.5 Å². The van der Waals surface area contributed by atoms with Crippen LogP contribution >= 0.6 is 0 Å². The van der Waals surface area contributed by atoms with E-state index in [1.165, 1.54) is 0 Å². The summed E-state index contributed by atoms with van der Waals surface area (Å²) in [5.74, 6) is 0. The average molecular weight is 366 g/mol. The first-order chi connectivity index (χ1) is 13.7. The summed E-state index contributed by atoms with van der Waals surface area (Å²) in [7, 11) is 0. The highest BCUT2D eigenvalue weighted by Gasteiger charge is 2.59. The highest BCUT2D eigenvalue weighted by Crippen LogP contribution is 2.56. The zero-order valence-corrected chi connectivity index (χ0v) is 15.0. The molecular formula is C24H18N2O2. The molecule has 0 radical (unpaired) electrons. The third-order valence-corrected chi connectivity index (χ3v) is 5.53. The average Bonchev–Trinajstić information content (AvgIpc) is 2.78. The van der Waals surface area contributed by atoms with Crippen molar-refractivity contribution in [1.29, 1.82) is 0 Å². The zero-order chi connectivity index (χ0) is 19.2. The quantitative estimate of drug-likeness (QED) is 0.569. The largest absolute Gasteiger partial charge is 0.376 e. The Hall–Kier alpha value is -3.34. The molecule has 136 valence electrons. The molecule has 4 aromatic rings. The van der Waals surface area contributed by atoms with Gasteiger partial charge >= 0.3 is 0 Å². The molecule has 5 rings (SSSR count). The predicted molar refractivity (Wildman–Crippen MR) is 106 cm³/mol. The normalized spacial score (nSPS) is 22.9. The fraction of sp³-hybridized carbons (Fsp3) is 0.0833. The number of aliphatic hydroxyl groups is 2. The van der Waals surface area contributed by atoms with Gasteiger partial charge in [0.25, 0.3) is 0 Å². The number of hydrogen-bond acceptors (Lipinski definition) is 4. The van der Waals surface area contributed by atoms with Crippen molar-refractivity contribution in [2.75, 3.05) is 0 Å². The molecule has 28 heavy (non-hydrogen) atoms. The fourth-order valence-electron chi connectivity index (χ4n) is 4.25. The standard InChI is InChI=1S/C24H18N2O2/c27-23(17-9-3-1-4-10-17)19-13-7-15-25-21(19)22-20(14-8-16-26-22)24(23,28)18-11-5-2-6-12-18/h1-16,27-28H/t23-,24-/m1/s1. The van der Waals surface area contributed by atoms with E-state index in [1.54, 1.807) is 36.7 Å². The van der Waals surface area contributed by atoms with E-state index in [-0.39, 0.29) is 0 Å². The Labute approximate surface area is 162 Å². The van der Waals surface area contributed by atoms with Crippen molar-refractivity contribution in [3.63, 3.8) is 0 Å². The van der Waals surface area contributed by atoms with Gasteiger partial charge in [0.2, 0.25) is 0 Å². The lowest BCUT2D eigenvalue weighted by atomic mass is 9.62. The molecule has 0 unspecified atom stereocenters. The molecule has 2 N–H and O–H groups in total. The Bertz CT molecular complexity index is 1050. The van der Waals surface area contributed by atoms with Crippen LogP contribution in [0.2, 0.25) is 0 Å². The minimum atomic E-state index is -1.74. The monoisotopic (exact) mass is 366 g/mol. The minimum absolute atomic E-state index is 0.527. The third kappa shape index (κ3) is 2.07. The minimum Gasteiger partial charge on any atom is -0.376 e. The third-order valence-electron chi connectivity index (χ3n) is 5.53. The van der Waals surface area contributed by atoms with E-state index in [0.29, 0.717) is 33.6 Å². The Balaban J connectivity index is 1.96. The van der Waals surface area contributed by atoms with Crippen LogP contribution in [0.25, 0.3) is 11.4 Å². The van der Waals surface area contributed by atoms with Crippen molar-refractivity contribution in [3.8, 4) is 11.4 Å². The Morgan fingerprint density at radius 1 is 0.500 bits per heavy atom. The number of fused-ring (bicyclic) bond motifs is 3. The number of hydrogen-bond donors (Lipinski definition) is 2. The lowest BCUT2D eigenvalue weighted by Crippen LogP contribution is -2.53. The lowest BCUT2D eigenvalue weighted by Gasteiger charge is -2.48. The predicted octanol–water partition coefficient (Wildman–Crippen LogP) is 3.63. The number of rotatable bonds is 2. The van der Waals surface area contributed by atoms with Crippen LogP contribution < -0.4 is 0 Å². The van der Waals surface area contributed by atoms with E-state index < -0.39 is 11.2 Å². The van der Waals surface area contributed by atoms with E-state index in [9.17, 15) is 10.2 Å². The maximum absolute atomic E-state index is 12.3. The highest BCUT2D eigenvalue weighted by atomic mass is 16.4. The molecule has 0 bridgehead atoms. The van der Waals surface area contributed by atoms with Gasteiger partial charge in [-0.15, -0.1) is 0 Å². The summed E-state index contributed by atoms with van der Waals surface area (Å²) >= 11 is 0. The molecule has 0 saturated carbocycles. The van der Waals surface area contributed by atoms with Gasteiger partial charge in [0.15, 0.2) is 11.2 Å². The molecule has 0 fully saturated rings. The summed E-state index contributed by atoms with van der Waals surface area (Å²) in [4.78, 5) is 9.01. The Morgan fingerprint density at radius 3 is 1.29 bits per heavy atom. The SMILES string of the molecule is O[C@]1(c2ccccc2)c2cccnc2-c2ncccc2[C@]1(O)c1ccccc1. The van der Waals surface area contributed by atoms with Gasteiger partial charge in [-0.2, -0.15) is 0 Å².